The van der Waals surface area contributed by atoms with Gasteiger partial charge >= 0.3 is 0 Å². The van der Waals surface area contributed by atoms with Crippen molar-refractivity contribution in [2.75, 3.05) is 18.0 Å². The van der Waals surface area contributed by atoms with Crippen molar-refractivity contribution in [3.05, 3.63) is 48.5 Å². The molecule has 0 saturated carbocycles. The van der Waals surface area contributed by atoms with Crippen LogP contribution in [0.15, 0.2) is 48.5 Å². The zero-order valence-electron chi connectivity index (χ0n) is 13.0. The molecule has 0 fully saturated rings. The van der Waals surface area contributed by atoms with Crippen LogP contribution < -0.4 is 10.6 Å². The summed E-state index contributed by atoms with van der Waals surface area (Å²) in [5.41, 5.74) is 8.48. The van der Waals surface area contributed by atoms with Crippen molar-refractivity contribution in [3.63, 3.8) is 0 Å². The highest BCUT2D eigenvalue weighted by Crippen LogP contribution is 2.31. The number of amides is 1. The second-order valence-corrected chi connectivity index (χ2v) is 6.36. The van der Waals surface area contributed by atoms with Crippen LogP contribution in [0.1, 0.15) is 13.3 Å². The number of fused-ring (bicyclic) bond motifs is 1. The normalized spacial score (nSPS) is 10.8. The molecule has 0 unspecified atom stereocenters. The lowest BCUT2D eigenvalue weighted by molar-refractivity contribution is -0.117. The summed E-state index contributed by atoms with van der Waals surface area (Å²) in [6, 6.07) is 16.5. The Bertz CT molecular complexity index is 778. The smallest absolute Gasteiger partial charge is 0.219 e. The lowest BCUT2D eigenvalue weighted by atomic mass is 10.2. The monoisotopic (exact) mass is 325 g/mol. The van der Waals surface area contributed by atoms with Crippen molar-refractivity contribution in [1.82, 2.24) is 4.98 Å². The van der Waals surface area contributed by atoms with Crippen LogP contribution in [0.4, 0.5) is 5.69 Å². The molecule has 1 amide bonds. The molecule has 1 heterocycles. The highest BCUT2D eigenvalue weighted by Gasteiger charge is 2.09. The molecule has 4 nitrogen and oxygen atoms in total. The number of hydrogen-bond acceptors (Lipinski definition) is 4. The number of hydrogen-bond donors (Lipinski definition) is 1. The highest BCUT2D eigenvalue weighted by molar-refractivity contribution is 7.21. The Labute approximate surface area is 139 Å². The predicted molar refractivity (Wildman–Crippen MR) is 96.8 cm³/mol. The van der Waals surface area contributed by atoms with Crippen LogP contribution in [0, 0.1) is 0 Å². The van der Waals surface area contributed by atoms with Gasteiger partial charge < -0.3 is 10.6 Å². The van der Waals surface area contributed by atoms with Gasteiger partial charge in [-0.3, -0.25) is 4.79 Å². The van der Waals surface area contributed by atoms with Crippen LogP contribution in [0.25, 0.3) is 20.8 Å². The molecule has 3 aromatic rings. The van der Waals surface area contributed by atoms with Gasteiger partial charge in [-0.05, 0) is 43.3 Å². The number of rotatable bonds is 6. The molecule has 5 heteroatoms. The van der Waals surface area contributed by atoms with E-state index in [0.29, 0.717) is 13.0 Å². The Morgan fingerprint density at radius 1 is 1.17 bits per heavy atom. The first-order chi connectivity index (χ1) is 11.2. The van der Waals surface area contributed by atoms with Crippen LogP contribution in [0.3, 0.4) is 0 Å². The van der Waals surface area contributed by atoms with E-state index in [9.17, 15) is 4.79 Å². The van der Waals surface area contributed by atoms with Crippen LogP contribution >= 0.6 is 11.3 Å². The van der Waals surface area contributed by atoms with Crippen molar-refractivity contribution in [2.45, 2.75) is 13.3 Å². The van der Waals surface area contributed by atoms with Gasteiger partial charge in [0.05, 0.1) is 10.2 Å². The number of thiazole rings is 1. The van der Waals surface area contributed by atoms with Crippen LogP contribution in [-0.2, 0) is 4.79 Å². The Kier molecular flexibility index (Phi) is 4.57. The van der Waals surface area contributed by atoms with Gasteiger partial charge in [-0.1, -0.05) is 12.1 Å². The molecule has 0 aliphatic rings. The Morgan fingerprint density at radius 2 is 1.91 bits per heavy atom. The van der Waals surface area contributed by atoms with Gasteiger partial charge in [-0.25, -0.2) is 4.98 Å². The molecule has 1 aromatic heterocycles. The average molecular weight is 325 g/mol. The summed E-state index contributed by atoms with van der Waals surface area (Å²) in [5, 5.41) is 1.03. The van der Waals surface area contributed by atoms with E-state index in [4.69, 9.17) is 5.73 Å². The maximum atomic E-state index is 11.0. The molecule has 23 heavy (non-hydrogen) atoms. The molecule has 2 N–H and O–H groups in total. The van der Waals surface area contributed by atoms with E-state index in [1.54, 1.807) is 11.3 Å². The van der Waals surface area contributed by atoms with Crippen molar-refractivity contribution in [1.29, 1.82) is 0 Å². The topological polar surface area (TPSA) is 59.2 Å². The number of nitrogens with zero attached hydrogens (tertiary/aromatic N) is 2. The molecule has 3 rings (SSSR count). The SMILES string of the molecule is CCN(CCC(N)=O)c1ccc(-c2nc3ccccc3s2)cc1. The fraction of sp³-hybridized carbons (Fsp3) is 0.222. The zero-order chi connectivity index (χ0) is 16.2. The van der Waals surface area contributed by atoms with Crippen LogP contribution in [-0.4, -0.2) is 24.0 Å². The van der Waals surface area contributed by atoms with Crippen molar-refractivity contribution < 1.29 is 4.79 Å². The van der Waals surface area contributed by atoms with Crippen molar-refractivity contribution in [2.24, 2.45) is 5.73 Å². The third-order valence-electron chi connectivity index (χ3n) is 3.78. The average Bonchev–Trinajstić information content (AvgIpc) is 3.00. The van der Waals surface area contributed by atoms with E-state index in [-0.39, 0.29) is 5.91 Å². The van der Waals surface area contributed by atoms with Gasteiger partial charge in [0.25, 0.3) is 0 Å². The first-order valence-corrected chi connectivity index (χ1v) is 8.48. The molecule has 0 spiro atoms. The van der Waals surface area contributed by atoms with E-state index < -0.39 is 0 Å². The maximum Gasteiger partial charge on any atom is 0.219 e. The predicted octanol–water partition coefficient (Wildman–Crippen LogP) is 3.67. The molecule has 0 atom stereocenters. The molecular formula is C18H19N3OS. The van der Waals surface area contributed by atoms with Gasteiger partial charge in [-0.15, -0.1) is 11.3 Å². The van der Waals surface area contributed by atoms with Crippen LogP contribution in [0.2, 0.25) is 0 Å². The standard InChI is InChI=1S/C18H19N3OS/c1-2-21(12-11-17(19)22)14-9-7-13(8-10-14)18-20-15-5-3-4-6-16(15)23-18/h3-10H,2,11-12H2,1H3,(H2,19,22). The number of anilines is 1. The minimum absolute atomic E-state index is 0.269. The third kappa shape index (κ3) is 3.51. The minimum atomic E-state index is -0.269. The summed E-state index contributed by atoms with van der Waals surface area (Å²) in [7, 11) is 0. The second kappa shape index (κ2) is 6.79. The van der Waals surface area contributed by atoms with E-state index in [1.807, 2.05) is 18.2 Å². The molecular weight excluding hydrogens is 306 g/mol. The van der Waals surface area contributed by atoms with E-state index in [0.717, 1.165) is 28.3 Å². The molecule has 0 aliphatic carbocycles. The summed E-state index contributed by atoms with van der Waals surface area (Å²) in [6.45, 7) is 3.56. The number of benzene rings is 2. The summed E-state index contributed by atoms with van der Waals surface area (Å²) in [6.07, 6.45) is 0.369. The third-order valence-corrected chi connectivity index (χ3v) is 4.87. The second-order valence-electron chi connectivity index (χ2n) is 5.33. The molecule has 0 aliphatic heterocycles. The number of aromatic nitrogens is 1. The first-order valence-electron chi connectivity index (χ1n) is 7.66. The number of para-hydroxylation sites is 1. The highest BCUT2D eigenvalue weighted by atomic mass is 32.1. The summed E-state index contributed by atoms with van der Waals surface area (Å²) < 4.78 is 1.20. The maximum absolute atomic E-state index is 11.0. The molecule has 0 saturated heterocycles. The Morgan fingerprint density at radius 3 is 2.57 bits per heavy atom. The zero-order valence-corrected chi connectivity index (χ0v) is 13.8. The Hall–Kier alpha value is -2.40. The number of carbonyl (C=O) groups excluding carboxylic acids is 1. The van der Waals surface area contributed by atoms with Gasteiger partial charge in [0.2, 0.25) is 5.91 Å². The number of primary amides is 1. The lowest BCUT2D eigenvalue weighted by Crippen LogP contribution is -2.27. The summed E-state index contributed by atoms with van der Waals surface area (Å²) in [4.78, 5) is 17.8. The Balaban J connectivity index is 1.81. The van der Waals surface area contributed by atoms with E-state index in [2.05, 4.69) is 47.1 Å². The number of carbonyl (C=O) groups is 1. The van der Waals surface area contributed by atoms with Crippen molar-refractivity contribution in [3.8, 4) is 10.6 Å². The van der Waals surface area contributed by atoms with Gasteiger partial charge in [0.1, 0.15) is 5.01 Å². The van der Waals surface area contributed by atoms with Gasteiger partial charge in [0, 0.05) is 30.8 Å². The minimum Gasteiger partial charge on any atom is -0.371 e. The largest absolute Gasteiger partial charge is 0.371 e. The molecule has 0 bridgehead atoms. The van der Waals surface area contributed by atoms with Crippen molar-refractivity contribution >= 4 is 33.1 Å². The summed E-state index contributed by atoms with van der Waals surface area (Å²) in [5.74, 6) is -0.269. The van der Waals surface area contributed by atoms with E-state index in [1.165, 1.54) is 4.70 Å². The molecule has 0 radical (unpaired) electrons. The van der Waals surface area contributed by atoms with Crippen LogP contribution in [0.5, 0.6) is 0 Å². The first kappa shape index (κ1) is 15.5. The molecule has 118 valence electrons. The molecule has 2 aromatic carbocycles. The fourth-order valence-corrected chi connectivity index (χ4v) is 3.50. The fourth-order valence-electron chi connectivity index (χ4n) is 2.53. The van der Waals surface area contributed by atoms with E-state index >= 15 is 0 Å². The van der Waals surface area contributed by atoms with Gasteiger partial charge in [-0.2, -0.15) is 0 Å². The lowest BCUT2D eigenvalue weighted by Gasteiger charge is -2.22. The summed E-state index contributed by atoms with van der Waals surface area (Å²) >= 11 is 1.70. The van der Waals surface area contributed by atoms with Gasteiger partial charge in [0.15, 0.2) is 0 Å². The number of nitrogens with two attached hydrogens (primary N) is 1. The quantitative estimate of drug-likeness (QED) is 0.752.